The lowest BCUT2D eigenvalue weighted by Crippen LogP contribution is -2.14. The number of carbonyl (C=O) groups excluding carboxylic acids is 1. The SMILES string of the molecule is CCC(=O)c1ccccc1OC(C#N)CC. The van der Waals surface area contributed by atoms with Gasteiger partial charge in [0, 0.05) is 6.42 Å². The summed E-state index contributed by atoms with van der Waals surface area (Å²) in [6.45, 7) is 3.68. The molecule has 1 rings (SSSR count). The predicted octanol–water partition coefficient (Wildman–Crippen LogP) is 2.96. The second-order valence-electron chi connectivity index (χ2n) is 3.42. The molecule has 1 unspecified atom stereocenters. The number of hydrogen-bond acceptors (Lipinski definition) is 3. The summed E-state index contributed by atoms with van der Waals surface area (Å²) in [6, 6.07) is 9.10. The van der Waals surface area contributed by atoms with Gasteiger partial charge in [-0.2, -0.15) is 5.26 Å². The Balaban J connectivity index is 2.96. The average Bonchev–Trinajstić information content (AvgIpc) is 2.35. The van der Waals surface area contributed by atoms with Gasteiger partial charge in [0.05, 0.1) is 5.56 Å². The zero-order valence-corrected chi connectivity index (χ0v) is 9.56. The van der Waals surface area contributed by atoms with Crippen LogP contribution in [-0.2, 0) is 0 Å². The van der Waals surface area contributed by atoms with Gasteiger partial charge in [0.1, 0.15) is 11.8 Å². The lowest BCUT2D eigenvalue weighted by Gasteiger charge is -2.13. The summed E-state index contributed by atoms with van der Waals surface area (Å²) in [5.74, 6) is 0.533. The molecule has 0 saturated carbocycles. The van der Waals surface area contributed by atoms with Crippen LogP contribution in [0.4, 0.5) is 0 Å². The van der Waals surface area contributed by atoms with E-state index in [0.717, 1.165) is 0 Å². The first-order valence-corrected chi connectivity index (χ1v) is 5.41. The number of ketones is 1. The third kappa shape index (κ3) is 2.83. The molecule has 0 aliphatic rings. The number of nitrogens with zero attached hydrogens (tertiary/aromatic N) is 1. The number of carbonyl (C=O) groups is 1. The summed E-state index contributed by atoms with van der Waals surface area (Å²) >= 11 is 0. The third-order valence-electron chi connectivity index (χ3n) is 2.29. The number of hydrogen-bond donors (Lipinski definition) is 0. The fraction of sp³-hybridized carbons (Fsp3) is 0.385. The normalized spacial score (nSPS) is 11.6. The predicted molar refractivity (Wildman–Crippen MR) is 61.4 cm³/mol. The van der Waals surface area contributed by atoms with Crippen LogP contribution >= 0.6 is 0 Å². The molecule has 0 heterocycles. The first kappa shape index (κ1) is 12.3. The molecule has 3 nitrogen and oxygen atoms in total. The molecule has 0 aliphatic heterocycles. The lowest BCUT2D eigenvalue weighted by atomic mass is 10.1. The van der Waals surface area contributed by atoms with Gasteiger partial charge < -0.3 is 4.74 Å². The summed E-state index contributed by atoms with van der Waals surface area (Å²) in [5, 5.41) is 8.81. The molecule has 3 heteroatoms. The highest BCUT2D eigenvalue weighted by Gasteiger charge is 2.13. The largest absolute Gasteiger partial charge is 0.475 e. The van der Waals surface area contributed by atoms with Crippen LogP contribution in [0.2, 0.25) is 0 Å². The minimum Gasteiger partial charge on any atom is -0.475 e. The molecular formula is C13H15NO2. The first-order valence-electron chi connectivity index (χ1n) is 5.41. The van der Waals surface area contributed by atoms with Crippen LogP contribution in [-0.4, -0.2) is 11.9 Å². The maximum absolute atomic E-state index is 11.6. The standard InChI is InChI=1S/C13H15NO2/c1-3-10(9-14)16-13-8-6-5-7-11(13)12(15)4-2/h5-8,10H,3-4H2,1-2H3. The van der Waals surface area contributed by atoms with Crippen molar-refractivity contribution in [1.29, 1.82) is 5.26 Å². The number of Topliss-reactive ketones (excluding diaryl/α,β-unsaturated/α-hetero) is 1. The van der Waals surface area contributed by atoms with Crippen molar-refractivity contribution in [3.8, 4) is 11.8 Å². The zero-order chi connectivity index (χ0) is 12.0. The molecule has 0 radical (unpaired) electrons. The van der Waals surface area contributed by atoms with Crippen molar-refractivity contribution >= 4 is 5.78 Å². The van der Waals surface area contributed by atoms with E-state index in [1.54, 1.807) is 31.2 Å². The fourth-order valence-electron chi connectivity index (χ4n) is 1.34. The Morgan fingerprint density at radius 2 is 2.12 bits per heavy atom. The Kier molecular flexibility index (Phi) is 4.53. The second-order valence-corrected chi connectivity index (χ2v) is 3.42. The summed E-state index contributed by atoms with van der Waals surface area (Å²) in [7, 11) is 0. The van der Waals surface area contributed by atoms with Gasteiger partial charge in [0.2, 0.25) is 0 Å². The minimum absolute atomic E-state index is 0.0309. The molecule has 0 fully saturated rings. The van der Waals surface area contributed by atoms with Gasteiger partial charge >= 0.3 is 0 Å². The van der Waals surface area contributed by atoms with Crippen molar-refractivity contribution in [2.45, 2.75) is 32.8 Å². The Morgan fingerprint density at radius 1 is 1.44 bits per heavy atom. The van der Waals surface area contributed by atoms with Gasteiger partial charge in [0.25, 0.3) is 0 Å². The van der Waals surface area contributed by atoms with Gasteiger partial charge in [0.15, 0.2) is 11.9 Å². The van der Waals surface area contributed by atoms with E-state index in [4.69, 9.17) is 10.00 Å². The molecule has 1 aromatic carbocycles. The van der Waals surface area contributed by atoms with Crippen molar-refractivity contribution in [2.75, 3.05) is 0 Å². The molecule has 0 aliphatic carbocycles. The second kappa shape index (κ2) is 5.92. The van der Waals surface area contributed by atoms with Gasteiger partial charge in [-0.3, -0.25) is 4.79 Å². The van der Waals surface area contributed by atoms with E-state index in [9.17, 15) is 4.79 Å². The molecule has 0 spiro atoms. The van der Waals surface area contributed by atoms with E-state index >= 15 is 0 Å². The van der Waals surface area contributed by atoms with E-state index in [1.165, 1.54) is 0 Å². The van der Waals surface area contributed by atoms with Crippen LogP contribution in [0.15, 0.2) is 24.3 Å². The van der Waals surface area contributed by atoms with Crippen LogP contribution in [0.25, 0.3) is 0 Å². The average molecular weight is 217 g/mol. The highest BCUT2D eigenvalue weighted by Crippen LogP contribution is 2.21. The summed E-state index contributed by atoms with van der Waals surface area (Å²) < 4.78 is 5.48. The molecule has 84 valence electrons. The monoisotopic (exact) mass is 217 g/mol. The van der Waals surface area contributed by atoms with Crippen LogP contribution in [0.3, 0.4) is 0 Å². The number of benzene rings is 1. The maximum atomic E-state index is 11.6. The molecule has 16 heavy (non-hydrogen) atoms. The van der Waals surface area contributed by atoms with Crippen molar-refractivity contribution in [3.05, 3.63) is 29.8 Å². The van der Waals surface area contributed by atoms with Crippen molar-refractivity contribution in [1.82, 2.24) is 0 Å². The number of nitriles is 1. The van der Waals surface area contributed by atoms with Crippen molar-refractivity contribution < 1.29 is 9.53 Å². The smallest absolute Gasteiger partial charge is 0.184 e. The fourth-order valence-corrected chi connectivity index (χ4v) is 1.34. The number of rotatable bonds is 5. The molecule has 0 amide bonds. The molecule has 0 aromatic heterocycles. The number of ether oxygens (including phenoxy) is 1. The van der Waals surface area contributed by atoms with Crippen LogP contribution in [0.1, 0.15) is 37.0 Å². The van der Waals surface area contributed by atoms with E-state index in [1.807, 2.05) is 6.92 Å². The van der Waals surface area contributed by atoms with E-state index in [2.05, 4.69) is 6.07 Å². The van der Waals surface area contributed by atoms with Gasteiger partial charge in [-0.25, -0.2) is 0 Å². The van der Waals surface area contributed by atoms with Gasteiger partial charge in [-0.05, 0) is 18.6 Å². The summed E-state index contributed by atoms with van der Waals surface area (Å²) in [4.78, 5) is 11.6. The molecule has 0 saturated heterocycles. The molecule has 1 atom stereocenters. The topological polar surface area (TPSA) is 50.1 Å². The highest BCUT2D eigenvalue weighted by atomic mass is 16.5. The third-order valence-corrected chi connectivity index (χ3v) is 2.29. The van der Waals surface area contributed by atoms with E-state index in [-0.39, 0.29) is 5.78 Å². The lowest BCUT2D eigenvalue weighted by molar-refractivity contribution is 0.0982. The van der Waals surface area contributed by atoms with Crippen LogP contribution in [0.5, 0.6) is 5.75 Å². The van der Waals surface area contributed by atoms with Gasteiger partial charge in [-0.1, -0.05) is 26.0 Å². The van der Waals surface area contributed by atoms with E-state index < -0.39 is 6.10 Å². The molecule has 0 N–H and O–H groups in total. The maximum Gasteiger partial charge on any atom is 0.184 e. The highest BCUT2D eigenvalue weighted by molar-refractivity contribution is 5.98. The Bertz CT molecular complexity index is 407. The molecular weight excluding hydrogens is 202 g/mol. The van der Waals surface area contributed by atoms with Gasteiger partial charge in [-0.15, -0.1) is 0 Å². The van der Waals surface area contributed by atoms with Crippen molar-refractivity contribution in [3.63, 3.8) is 0 Å². The van der Waals surface area contributed by atoms with E-state index in [0.29, 0.717) is 24.2 Å². The summed E-state index contributed by atoms with van der Waals surface area (Å²) in [6.07, 6.45) is 0.542. The number of para-hydroxylation sites is 1. The quantitative estimate of drug-likeness (QED) is 0.712. The molecule has 0 bridgehead atoms. The zero-order valence-electron chi connectivity index (χ0n) is 9.56. The van der Waals surface area contributed by atoms with Crippen LogP contribution < -0.4 is 4.74 Å². The Morgan fingerprint density at radius 3 is 2.69 bits per heavy atom. The first-order chi connectivity index (χ1) is 7.72. The molecule has 1 aromatic rings. The van der Waals surface area contributed by atoms with Crippen LogP contribution in [0, 0.1) is 11.3 Å². The summed E-state index contributed by atoms with van der Waals surface area (Å²) in [5.41, 5.74) is 0.554. The van der Waals surface area contributed by atoms with Crippen molar-refractivity contribution in [2.24, 2.45) is 0 Å². The minimum atomic E-state index is -0.495. The Labute approximate surface area is 95.7 Å². The Hall–Kier alpha value is -1.82.